The zero-order chi connectivity index (χ0) is 4.12. The van der Waals surface area contributed by atoms with Crippen molar-refractivity contribution in [1.82, 2.24) is 0 Å². The van der Waals surface area contributed by atoms with Gasteiger partial charge in [0.25, 0.3) is 0 Å². The minimum absolute atomic E-state index is 0.287. The van der Waals surface area contributed by atoms with Crippen LogP contribution in [0.2, 0.25) is 0 Å². The molecular weight excluding hydrogens is 267 g/mol. The third-order valence-electron chi connectivity index (χ3n) is 0.0943. The van der Waals surface area contributed by atoms with Gasteiger partial charge in [-0.05, 0) is 0 Å². The zero-order valence-electron chi connectivity index (χ0n) is 2.33. The van der Waals surface area contributed by atoms with Crippen molar-refractivity contribution in [3.05, 3.63) is 0 Å². The average Bonchev–Trinajstić information content (AvgIpc) is 1.41. The fourth-order valence-electron chi connectivity index (χ4n) is 0.0211. The van der Waals surface area contributed by atoms with Gasteiger partial charge in [0.1, 0.15) is 0 Å². The van der Waals surface area contributed by atoms with Crippen molar-refractivity contribution in [3.63, 3.8) is 0 Å². The Kier molecular flexibility index (Phi) is 7.12. The van der Waals surface area contributed by atoms with E-state index in [2.05, 4.69) is 11.0 Å². The zero-order valence-corrected chi connectivity index (χ0v) is 7.49. The molecule has 0 fully saturated rings. The molecule has 0 saturated heterocycles. The molecule has 0 radical (unpaired) electrons. The van der Waals surface area contributed by atoms with Crippen LogP contribution in [0.3, 0.4) is 0 Å². The summed E-state index contributed by atoms with van der Waals surface area (Å²) in [5.74, 6) is 0. The van der Waals surface area contributed by atoms with Gasteiger partial charge < -0.3 is 0 Å². The van der Waals surface area contributed by atoms with Gasteiger partial charge in [0.2, 0.25) is 0 Å². The summed E-state index contributed by atoms with van der Waals surface area (Å²) in [6.07, 6.45) is 0. The predicted octanol–water partition coefficient (Wildman–Crippen LogP) is -0.981. The molecule has 5 heavy (non-hydrogen) atoms. The Morgan fingerprint density at radius 3 is 2.60 bits per heavy atom. The van der Waals surface area contributed by atoms with Gasteiger partial charge in [-0.25, -0.2) is 0 Å². The molecule has 0 spiro atoms. The molecule has 1 nitrogen and oxygen atoms in total. The second-order valence-corrected chi connectivity index (χ2v) is 13.0. The van der Waals surface area contributed by atoms with Gasteiger partial charge in [-0.2, -0.15) is 0 Å². The van der Waals surface area contributed by atoms with Crippen LogP contribution in [-0.2, 0) is 0 Å². The fraction of sp³-hybridized carbons (Fsp3) is 0. The maximum absolute atomic E-state index is 7.97. The van der Waals surface area contributed by atoms with E-state index in [1.54, 1.807) is 0 Å². The van der Waals surface area contributed by atoms with Crippen LogP contribution in [0.25, 0.3) is 0 Å². The average molecular weight is 271 g/mol. The van der Waals surface area contributed by atoms with Crippen LogP contribution >= 0.6 is 11.0 Å². The number of hydrogen-bond donors (Lipinski definition) is 2. The summed E-state index contributed by atoms with van der Waals surface area (Å²) in [7, 11) is 0.464. The first kappa shape index (κ1) is 6.49. The standard InChI is InChI=1S/CH4OSSeTe/c2-1-5-4-3/h1-3,5H. The van der Waals surface area contributed by atoms with Crippen LogP contribution in [0.5, 0.6) is 0 Å². The predicted molar refractivity (Wildman–Crippen MR) is 29.9 cm³/mol. The van der Waals surface area contributed by atoms with Gasteiger partial charge in [-0.15, -0.1) is 0 Å². The molecule has 0 atom stereocenters. The Labute approximate surface area is 49.0 Å². The summed E-state index contributed by atoms with van der Waals surface area (Å²) in [6.45, 7) is 0. The first-order valence-corrected chi connectivity index (χ1v) is 11.2. The van der Waals surface area contributed by atoms with Crippen molar-refractivity contribution < 1.29 is 5.11 Å². The topological polar surface area (TPSA) is 20.2 Å². The fourth-order valence-corrected chi connectivity index (χ4v) is 2.20. The quantitative estimate of drug-likeness (QED) is 0.464. The van der Waals surface area contributed by atoms with Gasteiger partial charge in [0.15, 0.2) is 0 Å². The van der Waals surface area contributed by atoms with Gasteiger partial charge >= 0.3 is 49.3 Å². The molecule has 1 N–H and O–H groups in total. The SMILES string of the molecule is OC=[TeH][Se]S. The molecule has 32 valence electrons. The summed E-state index contributed by atoms with van der Waals surface area (Å²) in [5, 5.41) is 7.97. The second-order valence-electron chi connectivity index (χ2n) is 0.303. The van der Waals surface area contributed by atoms with Gasteiger partial charge in [-0.3, -0.25) is 0 Å². The molecule has 0 amide bonds. The molecule has 0 heterocycles. The molecule has 4 heteroatoms. The van der Waals surface area contributed by atoms with Crippen LogP contribution in [0.4, 0.5) is 0 Å². The van der Waals surface area contributed by atoms with Crippen molar-refractivity contribution in [1.29, 1.82) is 0 Å². The Hall–Kier alpha value is 1.49. The Bertz CT molecular complexity index is 38.6. The first-order chi connectivity index (χ1) is 2.41. The number of rotatable bonds is 1. The van der Waals surface area contributed by atoms with Gasteiger partial charge in [-0.1, -0.05) is 0 Å². The number of aliphatic hydroxyl groups excluding tert-OH is 1. The Morgan fingerprint density at radius 1 is 2.00 bits per heavy atom. The van der Waals surface area contributed by atoms with Gasteiger partial charge in [0.05, 0.1) is 0 Å². The minimum atomic E-state index is -0.287. The van der Waals surface area contributed by atoms with Crippen molar-refractivity contribution in [2.45, 2.75) is 0 Å². The van der Waals surface area contributed by atoms with Crippen LogP contribution in [0.1, 0.15) is 0 Å². The van der Waals surface area contributed by atoms with Crippen molar-refractivity contribution in [2.75, 3.05) is 0 Å². The molecule has 0 rings (SSSR count). The molecule has 0 aliphatic heterocycles. The third kappa shape index (κ3) is 5.49. The number of thiol groups is 1. The van der Waals surface area contributed by atoms with Crippen LogP contribution < -0.4 is 0 Å². The van der Waals surface area contributed by atoms with Crippen LogP contribution in [-0.4, -0.2) is 38.2 Å². The van der Waals surface area contributed by atoms with E-state index in [-0.39, 0.29) is 18.2 Å². The third-order valence-corrected chi connectivity index (χ3v) is 6.57. The van der Waals surface area contributed by atoms with Crippen LogP contribution in [0, 0.1) is 0 Å². The summed E-state index contributed by atoms with van der Waals surface area (Å²) in [6, 6.07) is 0. The molecule has 0 aromatic carbocycles. The summed E-state index contributed by atoms with van der Waals surface area (Å²) in [5.41, 5.74) is 0. The molecule has 0 unspecified atom stereocenters. The maximum atomic E-state index is 7.97. The van der Waals surface area contributed by atoms with Gasteiger partial charge in [0, 0.05) is 0 Å². The number of hydrogen-bond acceptors (Lipinski definition) is 2. The van der Waals surface area contributed by atoms with E-state index in [1.807, 2.05) is 0 Å². The van der Waals surface area contributed by atoms with Crippen molar-refractivity contribution in [3.8, 4) is 0 Å². The molecule has 0 aromatic heterocycles. The van der Waals surface area contributed by atoms with E-state index in [4.69, 9.17) is 5.11 Å². The van der Waals surface area contributed by atoms with E-state index >= 15 is 0 Å². The summed E-state index contributed by atoms with van der Waals surface area (Å²) < 4.78 is 1.28. The molecule has 0 aliphatic rings. The Balaban J connectivity index is 2.62. The molecule has 0 saturated carbocycles. The van der Waals surface area contributed by atoms with E-state index in [1.165, 1.54) is 4.24 Å². The monoisotopic (exact) mass is 274 g/mol. The summed E-state index contributed by atoms with van der Waals surface area (Å²) in [4.78, 5) is 0. The van der Waals surface area contributed by atoms with E-state index in [9.17, 15) is 0 Å². The number of aliphatic hydroxyl groups is 1. The van der Waals surface area contributed by atoms with E-state index in [0.29, 0.717) is 10.7 Å². The van der Waals surface area contributed by atoms with Crippen molar-refractivity contribution in [2.24, 2.45) is 0 Å². The first-order valence-electron chi connectivity index (χ1n) is 0.882. The van der Waals surface area contributed by atoms with E-state index < -0.39 is 0 Å². The molecule has 0 aromatic rings. The second kappa shape index (κ2) is 5.49. The van der Waals surface area contributed by atoms with Crippen LogP contribution in [0.15, 0.2) is 0 Å². The summed E-state index contributed by atoms with van der Waals surface area (Å²) >= 11 is 3.65. The van der Waals surface area contributed by atoms with Crippen molar-refractivity contribution >= 4 is 44.2 Å². The normalized spacial score (nSPS) is 11.6. The van der Waals surface area contributed by atoms with E-state index in [0.717, 1.165) is 0 Å². The molecule has 0 aliphatic carbocycles. The molecule has 0 bridgehead atoms. The molecular formula is CH4OSSeTe. The Morgan fingerprint density at radius 2 is 2.60 bits per heavy atom.